The molecular formula is C16H19N7O3S. The molecule has 2 aromatic rings. The minimum atomic E-state index is -0.538. The number of para-hydroxylation sites is 2. The minimum absolute atomic E-state index is 0.0257. The van der Waals surface area contributed by atoms with Crippen molar-refractivity contribution in [1.29, 1.82) is 0 Å². The van der Waals surface area contributed by atoms with Crippen molar-refractivity contribution in [2.75, 3.05) is 16.5 Å². The Bertz CT molecular complexity index is 844. The highest BCUT2D eigenvalue weighted by molar-refractivity contribution is 7.99. The van der Waals surface area contributed by atoms with Gasteiger partial charge >= 0.3 is 0 Å². The molecule has 1 aromatic heterocycles. The topological polar surface area (TPSA) is 138 Å². The first kappa shape index (κ1) is 18.8. The van der Waals surface area contributed by atoms with Crippen molar-refractivity contribution in [2.45, 2.75) is 37.3 Å². The van der Waals surface area contributed by atoms with Gasteiger partial charge in [-0.3, -0.25) is 14.9 Å². The van der Waals surface area contributed by atoms with Gasteiger partial charge in [-0.2, -0.15) is 10.1 Å². The molecule has 0 bridgehead atoms. The van der Waals surface area contributed by atoms with Gasteiger partial charge < -0.3 is 5.32 Å². The summed E-state index contributed by atoms with van der Waals surface area (Å²) in [6.45, 7) is 0. The summed E-state index contributed by atoms with van der Waals surface area (Å²) in [6, 6.07) is 5.99. The summed E-state index contributed by atoms with van der Waals surface area (Å²) in [5, 5.41) is 24.9. The molecule has 1 fully saturated rings. The number of nitro groups is 1. The lowest BCUT2D eigenvalue weighted by Gasteiger charge is -2.11. The summed E-state index contributed by atoms with van der Waals surface area (Å²) >= 11 is 1.12. The zero-order valence-corrected chi connectivity index (χ0v) is 15.3. The lowest BCUT2D eigenvalue weighted by Crippen LogP contribution is -2.15. The molecule has 11 heteroatoms. The molecular weight excluding hydrogens is 370 g/mol. The number of H-pyrrole nitrogens is 1. The summed E-state index contributed by atoms with van der Waals surface area (Å²) in [7, 11) is 0. The van der Waals surface area contributed by atoms with Gasteiger partial charge in [0.15, 0.2) is 0 Å². The number of carbonyl (C=O) groups excluding carboxylic acids is 1. The Labute approximate surface area is 159 Å². The quantitative estimate of drug-likeness (QED) is 0.375. The predicted octanol–water partition coefficient (Wildman–Crippen LogP) is 3.18. The number of nitro benzene ring substituents is 1. The SMILES string of the molecule is O=C(CSc1n[nH]c(NN=C2CCCCC2)n1)Nc1ccccc1[N+](=O)[O-]. The van der Waals surface area contributed by atoms with Crippen molar-refractivity contribution in [1.82, 2.24) is 15.2 Å². The van der Waals surface area contributed by atoms with E-state index in [0.717, 1.165) is 43.2 Å². The molecule has 1 aliphatic rings. The number of rotatable bonds is 7. The minimum Gasteiger partial charge on any atom is -0.320 e. The molecule has 0 unspecified atom stereocenters. The van der Waals surface area contributed by atoms with Gasteiger partial charge in [0.25, 0.3) is 5.69 Å². The van der Waals surface area contributed by atoms with Crippen LogP contribution in [-0.2, 0) is 4.79 Å². The van der Waals surface area contributed by atoms with Crippen LogP contribution in [0.1, 0.15) is 32.1 Å². The van der Waals surface area contributed by atoms with Crippen molar-refractivity contribution in [3.63, 3.8) is 0 Å². The van der Waals surface area contributed by atoms with Gasteiger partial charge in [-0.15, -0.1) is 5.10 Å². The first-order chi connectivity index (χ1) is 13.1. The number of anilines is 2. The maximum absolute atomic E-state index is 12.0. The van der Waals surface area contributed by atoms with Crippen LogP contribution in [0.2, 0.25) is 0 Å². The van der Waals surface area contributed by atoms with Gasteiger partial charge in [0.2, 0.25) is 17.0 Å². The highest BCUT2D eigenvalue weighted by Crippen LogP contribution is 2.24. The van der Waals surface area contributed by atoms with E-state index in [1.54, 1.807) is 12.1 Å². The number of hydrazone groups is 1. The molecule has 1 aromatic carbocycles. The molecule has 0 spiro atoms. The van der Waals surface area contributed by atoms with Crippen LogP contribution < -0.4 is 10.7 Å². The third-order valence-electron chi connectivity index (χ3n) is 3.92. The summed E-state index contributed by atoms with van der Waals surface area (Å²) in [5.41, 5.74) is 3.98. The Morgan fingerprint density at radius 1 is 1.30 bits per heavy atom. The summed E-state index contributed by atoms with van der Waals surface area (Å²) in [4.78, 5) is 26.7. The van der Waals surface area contributed by atoms with Crippen LogP contribution in [0.5, 0.6) is 0 Å². The average Bonchev–Trinajstić information content (AvgIpc) is 3.14. The molecule has 0 saturated heterocycles. The average molecular weight is 389 g/mol. The number of hydrogen-bond donors (Lipinski definition) is 3. The summed E-state index contributed by atoms with van der Waals surface area (Å²) in [6.07, 6.45) is 5.55. The molecule has 27 heavy (non-hydrogen) atoms. The van der Waals surface area contributed by atoms with E-state index in [-0.39, 0.29) is 23.0 Å². The predicted molar refractivity (Wildman–Crippen MR) is 103 cm³/mol. The standard InChI is InChI=1S/C16H19N7O3S/c24-14(17-12-8-4-5-9-13(12)23(25)26)10-27-16-18-15(21-22-16)20-19-11-6-2-1-3-7-11/h4-5,8-9H,1-3,6-7,10H2,(H,17,24)(H2,18,20,21,22). The van der Waals surface area contributed by atoms with Crippen molar-refractivity contribution in [2.24, 2.45) is 5.10 Å². The molecule has 1 saturated carbocycles. The Morgan fingerprint density at radius 3 is 2.85 bits per heavy atom. The molecule has 3 N–H and O–H groups in total. The fourth-order valence-corrected chi connectivity index (χ4v) is 3.22. The third-order valence-corrected chi connectivity index (χ3v) is 4.77. The maximum Gasteiger partial charge on any atom is 0.292 e. The highest BCUT2D eigenvalue weighted by Gasteiger charge is 2.15. The number of aromatic nitrogens is 3. The number of amides is 1. The maximum atomic E-state index is 12.0. The number of benzene rings is 1. The van der Waals surface area contributed by atoms with Crippen LogP contribution in [0.4, 0.5) is 17.3 Å². The van der Waals surface area contributed by atoms with E-state index in [9.17, 15) is 14.9 Å². The molecule has 1 heterocycles. The van der Waals surface area contributed by atoms with Gasteiger partial charge in [0.1, 0.15) is 5.69 Å². The molecule has 1 amide bonds. The van der Waals surface area contributed by atoms with Crippen molar-refractivity contribution >= 4 is 40.7 Å². The van der Waals surface area contributed by atoms with Crippen LogP contribution in [0.3, 0.4) is 0 Å². The molecule has 0 atom stereocenters. The van der Waals surface area contributed by atoms with Gasteiger partial charge in [-0.05, 0) is 31.7 Å². The fraction of sp³-hybridized carbons (Fsp3) is 0.375. The highest BCUT2D eigenvalue weighted by atomic mass is 32.2. The monoisotopic (exact) mass is 389 g/mol. The second-order valence-corrected chi connectivity index (χ2v) is 6.87. The van der Waals surface area contributed by atoms with Gasteiger partial charge in [0.05, 0.1) is 10.7 Å². The second-order valence-electron chi connectivity index (χ2n) is 5.93. The van der Waals surface area contributed by atoms with Crippen LogP contribution >= 0.6 is 11.8 Å². The molecule has 1 aliphatic carbocycles. The van der Waals surface area contributed by atoms with Crippen LogP contribution in [0.25, 0.3) is 0 Å². The number of nitrogens with one attached hydrogen (secondary N) is 3. The smallest absolute Gasteiger partial charge is 0.292 e. The van der Waals surface area contributed by atoms with Gasteiger partial charge in [-0.1, -0.05) is 30.3 Å². The van der Waals surface area contributed by atoms with Crippen molar-refractivity contribution in [3.8, 4) is 0 Å². The zero-order valence-electron chi connectivity index (χ0n) is 14.5. The number of carbonyl (C=O) groups is 1. The lowest BCUT2D eigenvalue weighted by atomic mass is 9.99. The van der Waals surface area contributed by atoms with E-state index in [2.05, 4.69) is 31.0 Å². The molecule has 142 valence electrons. The Balaban J connectivity index is 1.49. The zero-order chi connectivity index (χ0) is 19.1. The second kappa shape index (κ2) is 9.12. The van der Waals surface area contributed by atoms with Crippen LogP contribution in [0, 0.1) is 10.1 Å². The van der Waals surface area contributed by atoms with Gasteiger partial charge in [0, 0.05) is 11.8 Å². The Morgan fingerprint density at radius 2 is 2.07 bits per heavy atom. The van der Waals surface area contributed by atoms with Crippen LogP contribution in [-0.4, -0.2) is 37.5 Å². The molecule has 0 aliphatic heterocycles. The first-order valence-corrected chi connectivity index (χ1v) is 9.50. The van der Waals surface area contributed by atoms with E-state index in [1.807, 2.05) is 0 Å². The van der Waals surface area contributed by atoms with E-state index in [1.165, 1.54) is 18.6 Å². The molecule has 0 radical (unpaired) electrons. The summed E-state index contributed by atoms with van der Waals surface area (Å²) in [5.74, 6) is 0.0587. The third kappa shape index (κ3) is 5.51. The number of thioether (sulfide) groups is 1. The Hall–Kier alpha value is -2.95. The molecule has 3 rings (SSSR count). The van der Waals surface area contributed by atoms with E-state index >= 15 is 0 Å². The fourth-order valence-electron chi connectivity index (χ4n) is 2.62. The normalized spacial score (nSPS) is 13.9. The van der Waals surface area contributed by atoms with E-state index in [4.69, 9.17) is 0 Å². The number of nitrogens with zero attached hydrogens (tertiary/aromatic N) is 4. The number of hydrogen-bond acceptors (Lipinski definition) is 8. The lowest BCUT2D eigenvalue weighted by molar-refractivity contribution is -0.383. The largest absolute Gasteiger partial charge is 0.320 e. The molecule has 10 nitrogen and oxygen atoms in total. The van der Waals surface area contributed by atoms with E-state index in [0.29, 0.717) is 11.1 Å². The summed E-state index contributed by atoms with van der Waals surface area (Å²) < 4.78 is 0. The van der Waals surface area contributed by atoms with Crippen molar-refractivity contribution < 1.29 is 9.72 Å². The first-order valence-electron chi connectivity index (χ1n) is 8.52. The number of aromatic amines is 1. The Kier molecular flexibility index (Phi) is 6.36. The van der Waals surface area contributed by atoms with Crippen molar-refractivity contribution in [3.05, 3.63) is 34.4 Å². The van der Waals surface area contributed by atoms with Crippen LogP contribution in [0.15, 0.2) is 34.5 Å². The van der Waals surface area contributed by atoms with E-state index < -0.39 is 4.92 Å². The van der Waals surface area contributed by atoms with Gasteiger partial charge in [-0.25, -0.2) is 10.5 Å².